The predicted molar refractivity (Wildman–Crippen MR) is 117 cm³/mol. The number of nitrogens with zero attached hydrogens (tertiary/aromatic N) is 1. The van der Waals surface area contributed by atoms with Gasteiger partial charge in [0.2, 0.25) is 5.91 Å². The molecule has 0 radical (unpaired) electrons. The summed E-state index contributed by atoms with van der Waals surface area (Å²) in [6.07, 6.45) is 5.60. The van der Waals surface area contributed by atoms with Gasteiger partial charge in [-0.05, 0) is 63.6 Å². The predicted octanol–water partition coefficient (Wildman–Crippen LogP) is 3.91. The van der Waals surface area contributed by atoms with Crippen molar-refractivity contribution in [2.75, 3.05) is 7.05 Å². The van der Waals surface area contributed by atoms with Crippen molar-refractivity contribution < 1.29 is 4.79 Å². The van der Waals surface area contributed by atoms with Gasteiger partial charge in [0.1, 0.15) is 0 Å². The van der Waals surface area contributed by atoms with Gasteiger partial charge >= 0.3 is 0 Å². The van der Waals surface area contributed by atoms with Crippen LogP contribution in [0, 0.1) is 5.92 Å². The maximum Gasteiger partial charge on any atom is 0.220 e. The van der Waals surface area contributed by atoms with Gasteiger partial charge in [0, 0.05) is 37.6 Å². The van der Waals surface area contributed by atoms with Crippen LogP contribution in [0.1, 0.15) is 57.1 Å². The van der Waals surface area contributed by atoms with Crippen molar-refractivity contribution in [2.45, 2.75) is 77.2 Å². The summed E-state index contributed by atoms with van der Waals surface area (Å²) in [5.74, 6) is 0.763. The summed E-state index contributed by atoms with van der Waals surface area (Å²) in [5.41, 5.74) is 2.53. The fourth-order valence-corrected chi connectivity index (χ4v) is 4.21. The van der Waals surface area contributed by atoms with E-state index >= 15 is 0 Å². The van der Waals surface area contributed by atoms with Crippen LogP contribution in [-0.2, 0) is 17.9 Å². The van der Waals surface area contributed by atoms with Gasteiger partial charge in [0.05, 0.1) is 0 Å². The van der Waals surface area contributed by atoms with Crippen molar-refractivity contribution in [1.82, 2.24) is 15.5 Å². The number of hydrogen-bond acceptors (Lipinski definition) is 3. The molecule has 2 N–H and O–H groups in total. The van der Waals surface area contributed by atoms with E-state index < -0.39 is 0 Å². The molecule has 2 aliphatic heterocycles. The van der Waals surface area contributed by atoms with Crippen LogP contribution in [0.5, 0.6) is 0 Å². The monoisotopic (exact) mass is 415 g/mol. The fraction of sp³-hybridized carbons (Fsp3) is 0.667. The fourth-order valence-electron chi connectivity index (χ4n) is 4.21. The standard InChI is InChI=1S/C21H33N3O.2ClH/c1-15(2)24(3)14-18-7-5-4-6-17(18)13-22-21(25)12-16-10-19-8-9-20(11-16)23-19;;/h4-7,15-16,19-20,23H,8-14H2,1-3H3,(H,22,25);2*1H. The molecule has 0 saturated carbocycles. The highest BCUT2D eigenvalue weighted by Gasteiger charge is 2.34. The van der Waals surface area contributed by atoms with Crippen molar-refractivity contribution in [1.29, 1.82) is 0 Å². The first-order valence-corrected chi connectivity index (χ1v) is 9.81. The van der Waals surface area contributed by atoms with E-state index in [-0.39, 0.29) is 30.7 Å². The molecule has 3 rings (SSSR count). The number of piperidine rings is 1. The summed E-state index contributed by atoms with van der Waals surface area (Å²) in [4.78, 5) is 14.7. The number of amides is 1. The molecule has 0 aliphatic carbocycles. The van der Waals surface area contributed by atoms with Crippen molar-refractivity contribution in [2.24, 2.45) is 5.92 Å². The highest BCUT2D eigenvalue weighted by Crippen LogP contribution is 2.32. The maximum atomic E-state index is 12.4. The zero-order chi connectivity index (χ0) is 17.8. The van der Waals surface area contributed by atoms with Gasteiger partial charge in [-0.15, -0.1) is 24.8 Å². The average Bonchev–Trinajstić information content (AvgIpc) is 2.92. The quantitative estimate of drug-likeness (QED) is 0.709. The molecule has 2 heterocycles. The zero-order valence-corrected chi connectivity index (χ0v) is 18.4. The number of hydrogen-bond donors (Lipinski definition) is 2. The Morgan fingerprint density at radius 1 is 1.15 bits per heavy atom. The van der Waals surface area contributed by atoms with Gasteiger partial charge in [-0.2, -0.15) is 0 Å². The number of rotatable bonds is 7. The molecule has 154 valence electrons. The summed E-state index contributed by atoms with van der Waals surface area (Å²) in [6.45, 7) is 5.97. The van der Waals surface area contributed by atoms with Crippen LogP contribution in [-0.4, -0.2) is 36.0 Å². The van der Waals surface area contributed by atoms with E-state index in [1.165, 1.54) is 36.8 Å². The summed E-state index contributed by atoms with van der Waals surface area (Å²) in [5, 5.41) is 6.81. The number of benzene rings is 1. The Balaban J connectivity index is 0.00000182. The SMILES string of the molecule is CC(C)N(C)Cc1ccccc1CNC(=O)CC1CC2CCC(C1)N2.Cl.Cl. The summed E-state index contributed by atoms with van der Waals surface area (Å²) in [6, 6.07) is 10.3. The largest absolute Gasteiger partial charge is 0.352 e. The highest BCUT2D eigenvalue weighted by molar-refractivity contribution is 5.85. The number of halogens is 2. The first-order chi connectivity index (χ1) is 12.0. The van der Waals surface area contributed by atoms with Crippen LogP contribution >= 0.6 is 24.8 Å². The van der Waals surface area contributed by atoms with Gasteiger partial charge in [-0.1, -0.05) is 24.3 Å². The third kappa shape index (κ3) is 6.94. The van der Waals surface area contributed by atoms with Crippen LogP contribution in [0.3, 0.4) is 0 Å². The lowest BCUT2D eigenvalue weighted by Crippen LogP contribution is -2.39. The molecule has 1 amide bonds. The van der Waals surface area contributed by atoms with Crippen molar-refractivity contribution in [3.8, 4) is 0 Å². The molecule has 2 bridgehead atoms. The van der Waals surface area contributed by atoms with E-state index in [0.29, 0.717) is 37.0 Å². The molecule has 2 unspecified atom stereocenters. The molecular formula is C21H35Cl2N3O. The number of carbonyl (C=O) groups is 1. The first kappa shape index (κ1) is 24.2. The van der Waals surface area contributed by atoms with Crippen molar-refractivity contribution >= 4 is 30.7 Å². The Hall–Kier alpha value is -0.810. The molecule has 6 heteroatoms. The maximum absolute atomic E-state index is 12.4. The minimum absolute atomic E-state index is 0. The molecule has 2 atom stereocenters. The van der Waals surface area contributed by atoms with Crippen LogP contribution in [0.25, 0.3) is 0 Å². The topological polar surface area (TPSA) is 44.4 Å². The Labute approximate surface area is 176 Å². The van der Waals surface area contributed by atoms with E-state index in [9.17, 15) is 4.79 Å². The van der Waals surface area contributed by atoms with Crippen LogP contribution in [0.15, 0.2) is 24.3 Å². The zero-order valence-electron chi connectivity index (χ0n) is 16.7. The molecule has 2 aliphatic rings. The molecule has 27 heavy (non-hydrogen) atoms. The van der Waals surface area contributed by atoms with E-state index in [2.05, 4.69) is 60.7 Å². The minimum Gasteiger partial charge on any atom is -0.352 e. The molecule has 1 aromatic carbocycles. The lowest BCUT2D eigenvalue weighted by Gasteiger charge is -2.28. The van der Waals surface area contributed by atoms with Gasteiger partial charge in [0.25, 0.3) is 0 Å². The van der Waals surface area contributed by atoms with Crippen LogP contribution < -0.4 is 10.6 Å². The Bertz CT molecular complexity index is 585. The minimum atomic E-state index is 0. The van der Waals surface area contributed by atoms with Gasteiger partial charge in [-0.25, -0.2) is 0 Å². The second-order valence-electron chi connectivity index (χ2n) is 8.23. The summed E-state index contributed by atoms with van der Waals surface area (Å²) >= 11 is 0. The van der Waals surface area contributed by atoms with Crippen LogP contribution in [0.4, 0.5) is 0 Å². The summed E-state index contributed by atoms with van der Waals surface area (Å²) in [7, 11) is 2.14. The lowest BCUT2D eigenvalue weighted by molar-refractivity contribution is -0.122. The molecule has 0 aromatic heterocycles. The van der Waals surface area contributed by atoms with E-state index in [0.717, 1.165) is 6.54 Å². The van der Waals surface area contributed by atoms with E-state index in [1.54, 1.807) is 0 Å². The normalized spacial score (nSPS) is 23.7. The van der Waals surface area contributed by atoms with Gasteiger partial charge in [-0.3, -0.25) is 9.69 Å². The van der Waals surface area contributed by atoms with Gasteiger partial charge < -0.3 is 10.6 Å². The number of fused-ring (bicyclic) bond motifs is 2. The van der Waals surface area contributed by atoms with E-state index in [4.69, 9.17) is 0 Å². The third-order valence-corrected chi connectivity index (χ3v) is 5.94. The van der Waals surface area contributed by atoms with E-state index in [1.807, 2.05) is 0 Å². The summed E-state index contributed by atoms with van der Waals surface area (Å²) < 4.78 is 0. The molecule has 0 spiro atoms. The molecule has 2 saturated heterocycles. The third-order valence-electron chi connectivity index (χ3n) is 5.94. The Kier molecular flexibility index (Phi) is 10.1. The Morgan fingerprint density at radius 3 is 2.33 bits per heavy atom. The highest BCUT2D eigenvalue weighted by atomic mass is 35.5. The molecule has 2 fully saturated rings. The Morgan fingerprint density at radius 2 is 1.74 bits per heavy atom. The number of nitrogens with one attached hydrogen (secondary N) is 2. The van der Waals surface area contributed by atoms with Crippen LogP contribution in [0.2, 0.25) is 0 Å². The number of carbonyl (C=O) groups excluding carboxylic acids is 1. The molecule has 4 nitrogen and oxygen atoms in total. The molecular weight excluding hydrogens is 381 g/mol. The molecule has 1 aromatic rings. The first-order valence-electron chi connectivity index (χ1n) is 9.81. The average molecular weight is 416 g/mol. The lowest BCUT2D eigenvalue weighted by atomic mass is 9.89. The van der Waals surface area contributed by atoms with Gasteiger partial charge in [0.15, 0.2) is 0 Å². The smallest absolute Gasteiger partial charge is 0.220 e. The van der Waals surface area contributed by atoms with Crippen molar-refractivity contribution in [3.05, 3.63) is 35.4 Å². The van der Waals surface area contributed by atoms with Crippen molar-refractivity contribution in [3.63, 3.8) is 0 Å². The second kappa shape index (κ2) is 11.3. The second-order valence-corrected chi connectivity index (χ2v) is 8.23.